The fourth-order valence-electron chi connectivity index (χ4n) is 1.52. The van der Waals surface area contributed by atoms with Crippen LogP contribution in [-0.4, -0.2) is 27.2 Å². The average molecular weight is 248 g/mol. The first-order valence-corrected chi connectivity index (χ1v) is 5.54. The van der Waals surface area contributed by atoms with Gasteiger partial charge < -0.3 is 5.32 Å². The molecule has 0 aliphatic carbocycles. The van der Waals surface area contributed by atoms with Gasteiger partial charge in [-0.1, -0.05) is 0 Å². The maximum Gasteiger partial charge on any atom is 0.255 e. The van der Waals surface area contributed by atoms with Gasteiger partial charge in [0.25, 0.3) is 5.91 Å². The van der Waals surface area contributed by atoms with Crippen LogP contribution in [0.4, 0.5) is 4.39 Å². The van der Waals surface area contributed by atoms with Gasteiger partial charge in [0.15, 0.2) is 0 Å². The summed E-state index contributed by atoms with van der Waals surface area (Å²) in [7, 11) is 0. The van der Waals surface area contributed by atoms with Crippen molar-refractivity contribution in [2.75, 3.05) is 6.54 Å². The average Bonchev–Trinajstić information content (AvgIpc) is 2.75. The summed E-state index contributed by atoms with van der Waals surface area (Å²) in [4.78, 5) is 15.1. The fourth-order valence-corrected chi connectivity index (χ4v) is 1.52. The molecule has 0 fully saturated rings. The predicted molar refractivity (Wildman–Crippen MR) is 63.5 cm³/mol. The Balaban J connectivity index is 1.87. The zero-order chi connectivity index (χ0) is 13.0. The number of nitrogens with zero attached hydrogens (tertiary/aromatic N) is 3. The largest absolute Gasteiger partial charge is 0.350 e. The third-order valence-corrected chi connectivity index (χ3v) is 2.39. The van der Waals surface area contributed by atoms with Crippen molar-refractivity contribution in [3.63, 3.8) is 0 Å². The van der Waals surface area contributed by atoms with Gasteiger partial charge in [-0.05, 0) is 24.6 Å². The maximum atomic E-state index is 13.2. The molecule has 0 radical (unpaired) electrons. The van der Waals surface area contributed by atoms with E-state index in [1.54, 1.807) is 10.9 Å². The Morgan fingerprint density at radius 3 is 3.06 bits per heavy atom. The summed E-state index contributed by atoms with van der Waals surface area (Å²) in [6.45, 7) is 2.86. The van der Waals surface area contributed by atoms with E-state index in [0.29, 0.717) is 13.1 Å². The zero-order valence-corrected chi connectivity index (χ0v) is 9.93. The van der Waals surface area contributed by atoms with Crippen LogP contribution in [0.2, 0.25) is 0 Å². The van der Waals surface area contributed by atoms with Gasteiger partial charge in [-0.15, -0.1) is 0 Å². The third kappa shape index (κ3) is 2.91. The summed E-state index contributed by atoms with van der Waals surface area (Å²) in [5, 5.41) is 6.70. The predicted octanol–water partition coefficient (Wildman–Crippen LogP) is 1.16. The Hall–Kier alpha value is -2.24. The molecule has 94 valence electrons. The zero-order valence-electron chi connectivity index (χ0n) is 9.93. The minimum atomic E-state index is -0.759. The Kier molecular flexibility index (Phi) is 3.66. The van der Waals surface area contributed by atoms with Crippen LogP contribution in [0.5, 0.6) is 0 Å². The highest BCUT2D eigenvalue weighted by molar-refractivity contribution is 5.94. The number of aryl methyl sites for hydroxylation is 1. The highest BCUT2D eigenvalue weighted by Crippen LogP contribution is 2.02. The third-order valence-electron chi connectivity index (χ3n) is 2.39. The topological polar surface area (TPSA) is 59.8 Å². The summed E-state index contributed by atoms with van der Waals surface area (Å²) in [6.07, 6.45) is 4.91. The molecule has 1 N–H and O–H groups in total. The van der Waals surface area contributed by atoms with Gasteiger partial charge >= 0.3 is 0 Å². The van der Waals surface area contributed by atoms with E-state index < -0.39 is 11.9 Å². The van der Waals surface area contributed by atoms with E-state index in [9.17, 15) is 9.18 Å². The first-order valence-electron chi connectivity index (χ1n) is 5.54. The number of carbonyl (C=O) groups excluding carboxylic acids is 1. The fraction of sp³-hybridized carbons (Fsp3) is 0.250. The van der Waals surface area contributed by atoms with Crippen molar-refractivity contribution < 1.29 is 9.18 Å². The van der Waals surface area contributed by atoms with Gasteiger partial charge in [0.05, 0.1) is 18.3 Å². The molecule has 0 bridgehead atoms. The molecule has 0 unspecified atom stereocenters. The maximum absolute atomic E-state index is 13.2. The molecule has 1 amide bonds. The van der Waals surface area contributed by atoms with E-state index in [1.165, 1.54) is 18.3 Å². The van der Waals surface area contributed by atoms with Gasteiger partial charge in [-0.3, -0.25) is 9.48 Å². The molecule has 0 aliphatic heterocycles. The summed E-state index contributed by atoms with van der Waals surface area (Å²) < 4.78 is 14.9. The number of rotatable bonds is 4. The Morgan fingerprint density at radius 1 is 1.56 bits per heavy atom. The lowest BCUT2D eigenvalue weighted by Crippen LogP contribution is -2.28. The quantitative estimate of drug-likeness (QED) is 0.826. The minimum Gasteiger partial charge on any atom is -0.350 e. The SMILES string of the molecule is Cc1cnn(CCNC(=O)c2cccnc2F)c1. The highest BCUT2D eigenvalue weighted by atomic mass is 19.1. The number of halogens is 1. The number of pyridine rings is 1. The van der Waals surface area contributed by atoms with Crippen LogP contribution in [0.25, 0.3) is 0 Å². The molecule has 5 nitrogen and oxygen atoms in total. The second-order valence-electron chi connectivity index (χ2n) is 3.88. The number of carbonyl (C=O) groups is 1. The van der Waals surface area contributed by atoms with Crippen LogP contribution < -0.4 is 5.32 Å². The van der Waals surface area contributed by atoms with Gasteiger partial charge in [-0.2, -0.15) is 9.49 Å². The minimum absolute atomic E-state index is 0.0471. The highest BCUT2D eigenvalue weighted by Gasteiger charge is 2.10. The summed E-state index contributed by atoms with van der Waals surface area (Å²) in [6, 6.07) is 2.92. The van der Waals surface area contributed by atoms with Crippen LogP contribution >= 0.6 is 0 Å². The Labute approximate surface area is 104 Å². The Bertz CT molecular complexity index is 553. The van der Waals surface area contributed by atoms with Crippen LogP contribution in [-0.2, 0) is 6.54 Å². The van der Waals surface area contributed by atoms with Crippen molar-refractivity contribution in [2.45, 2.75) is 13.5 Å². The molecule has 2 aromatic heterocycles. The van der Waals surface area contributed by atoms with E-state index in [0.717, 1.165) is 5.56 Å². The van der Waals surface area contributed by atoms with Crippen LogP contribution in [0.1, 0.15) is 15.9 Å². The molecular weight excluding hydrogens is 235 g/mol. The molecule has 0 atom stereocenters. The number of amides is 1. The molecule has 2 aromatic rings. The van der Waals surface area contributed by atoms with E-state index in [4.69, 9.17) is 0 Å². The smallest absolute Gasteiger partial charge is 0.255 e. The molecule has 0 aromatic carbocycles. The normalized spacial score (nSPS) is 10.3. The van der Waals surface area contributed by atoms with Gasteiger partial charge in [0.2, 0.25) is 5.95 Å². The molecule has 0 saturated carbocycles. The lowest BCUT2D eigenvalue weighted by atomic mass is 10.2. The second kappa shape index (κ2) is 5.39. The monoisotopic (exact) mass is 248 g/mol. The summed E-state index contributed by atoms with van der Waals surface area (Å²) in [5.41, 5.74) is 1.01. The Morgan fingerprint density at radius 2 is 2.39 bits per heavy atom. The molecule has 2 rings (SSSR count). The number of aromatic nitrogens is 3. The lowest BCUT2D eigenvalue weighted by Gasteiger charge is -2.05. The van der Waals surface area contributed by atoms with E-state index in [1.807, 2.05) is 13.1 Å². The van der Waals surface area contributed by atoms with Crippen molar-refractivity contribution in [3.05, 3.63) is 47.8 Å². The van der Waals surface area contributed by atoms with Gasteiger partial charge in [0.1, 0.15) is 0 Å². The van der Waals surface area contributed by atoms with Crippen molar-refractivity contribution in [3.8, 4) is 0 Å². The van der Waals surface area contributed by atoms with Gasteiger partial charge in [-0.25, -0.2) is 4.98 Å². The first kappa shape index (κ1) is 12.2. The summed E-state index contributed by atoms with van der Waals surface area (Å²) >= 11 is 0. The molecule has 0 spiro atoms. The van der Waals surface area contributed by atoms with Crippen LogP contribution in [0.3, 0.4) is 0 Å². The number of hydrogen-bond acceptors (Lipinski definition) is 3. The van der Waals surface area contributed by atoms with E-state index in [2.05, 4.69) is 15.4 Å². The molecule has 6 heteroatoms. The van der Waals surface area contributed by atoms with Crippen LogP contribution in [0, 0.1) is 12.9 Å². The van der Waals surface area contributed by atoms with E-state index >= 15 is 0 Å². The summed E-state index contributed by atoms with van der Waals surface area (Å²) in [5.74, 6) is -1.23. The van der Waals surface area contributed by atoms with Crippen molar-refractivity contribution in [2.24, 2.45) is 0 Å². The molecular formula is C12H13FN4O. The first-order chi connectivity index (χ1) is 8.66. The van der Waals surface area contributed by atoms with Crippen molar-refractivity contribution >= 4 is 5.91 Å². The molecule has 0 aliphatic rings. The number of nitrogens with one attached hydrogen (secondary N) is 1. The standard InChI is InChI=1S/C12H13FN4O/c1-9-7-16-17(8-9)6-5-15-12(18)10-3-2-4-14-11(10)13/h2-4,7-8H,5-6H2,1H3,(H,15,18). The van der Waals surface area contributed by atoms with Gasteiger partial charge in [0, 0.05) is 18.9 Å². The molecule has 0 saturated heterocycles. The lowest BCUT2D eigenvalue weighted by molar-refractivity contribution is 0.0947. The second-order valence-corrected chi connectivity index (χ2v) is 3.88. The van der Waals surface area contributed by atoms with E-state index in [-0.39, 0.29) is 5.56 Å². The van der Waals surface area contributed by atoms with Crippen molar-refractivity contribution in [1.29, 1.82) is 0 Å². The molecule has 18 heavy (non-hydrogen) atoms. The van der Waals surface area contributed by atoms with Crippen molar-refractivity contribution in [1.82, 2.24) is 20.1 Å². The van der Waals surface area contributed by atoms with Crippen LogP contribution in [0.15, 0.2) is 30.7 Å². The number of hydrogen-bond donors (Lipinski definition) is 1. The molecule has 2 heterocycles.